The van der Waals surface area contributed by atoms with Crippen LogP contribution in [0.5, 0.6) is 0 Å². The topological polar surface area (TPSA) is 27.6 Å². The second-order valence-corrected chi connectivity index (χ2v) is 4.36. The highest BCUT2D eigenvalue weighted by atomic mass is 127. The zero-order chi connectivity index (χ0) is 11.3. The second kappa shape index (κ2) is 7.92. The number of guanidine groups is 1. The minimum atomic E-state index is 0. The van der Waals surface area contributed by atoms with E-state index in [-0.39, 0.29) is 24.0 Å². The smallest absolute Gasteiger partial charge is 0.193 e. The summed E-state index contributed by atoms with van der Waals surface area (Å²) in [6.45, 7) is 7.03. The van der Waals surface area contributed by atoms with E-state index in [2.05, 4.69) is 35.8 Å². The maximum absolute atomic E-state index is 4.29. The van der Waals surface area contributed by atoms with Crippen LogP contribution in [0.3, 0.4) is 0 Å². The summed E-state index contributed by atoms with van der Waals surface area (Å²) >= 11 is 0. The number of rotatable bonds is 5. The molecular formula is C12H24IN3. The van der Waals surface area contributed by atoms with E-state index in [4.69, 9.17) is 0 Å². The molecule has 94 valence electrons. The third-order valence-corrected chi connectivity index (χ3v) is 2.90. The largest absolute Gasteiger partial charge is 0.353 e. The van der Waals surface area contributed by atoms with E-state index in [1.54, 1.807) is 0 Å². The predicted molar refractivity (Wildman–Crippen MR) is 81.5 cm³/mol. The first kappa shape index (κ1) is 15.7. The Morgan fingerprint density at radius 2 is 2.25 bits per heavy atom. The quantitative estimate of drug-likeness (QED) is 0.274. The first-order chi connectivity index (χ1) is 7.19. The average Bonchev–Trinajstić information content (AvgIpc) is 2.91. The van der Waals surface area contributed by atoms with Crippen LogP contribution in [0.15, 0.2) is 17.6 Å². The number of aliphatic imine (C=N–C) groups is 1. The summed E-state index contributed by atoms with van der Waals surface area (Å²) in [6.07, 6.45) is 5.45. The van der Waals surface area contributed by atoms with Gasteiger partial charge >= 0.3 is 0 Å². The van der Waals surface area contributed by atoms with Crippen LogP contribution < -0.4 is 5.32 Å². The monoisotopic (exact) mass is 337 g/mol. The summed E-state index contributed by atoms with van der Waals surface area (Å²) in [5.41, 5.74) is 0. The summed E-state index contributed by atoms with van der Waals surface area (Å²) in [4.78, 5) is 6.48. The molecule has 4 heteroatoms. The Balaban J connectivity index is 0.00000225. The summed E-state index contributed by atoms with van der Waals surface area (Å²) in [5.74, 6) is 1.83. The van der Waals surface area contributed by atoms with Gasteiger partial charge in [-0.25, -0.2) is 0 Å². The van der Waals surface area contributed by atoms with Crippen molar-refractivity contribution in [1.82, 2.24) is 10.2 Å². The number of halogens is 1. The van der Waals surface area contributed by atoms with Gasteiger partial charge in [-0.05, 0) is 25.2 Å². The van der Waals surface area contributed by atoms with Crippen molar-refractivity contribution in [3.8, 4) is 0 Å². The molecule has 3 nitrogen and oxygen atoms in total. The van der Waals surface area contributed by atoms with Gasteiger partial charge in [0.25, 0.3) is 0 Å². The highest BCUT2D eigenvalue weighted by molar-refractivity contribution is 14.0. The summed E-state index contributed by atoms with van der Waals surface area (Å²) in [6, 6.07) is 0.644. The van der Waals surface area contributed by atoms with Crippen LogP contribution in [0.1, 0.15) is 26.2 Å². The molecule has 0 saturated heterocycles. The Morgan fingerprint density at radius 3 is 2.69 bits per heavy atom. The van der Waals surface area contributed by atoms with Crippen molar-refractivity contribution in [2.24, 2.45) is 10.9 Å². The van der Waals surface area contributed by atoms with Crippen molar-refractivity contribution in [3.63, 3.8) is 0 Å². The fourth-order valence-electron chi connectivity index (χ4n) is 1.61. The molecule has 1 N–H and O–H groups in total. The lowest BCUT2D eigenvalue weighted by Crippen LogP contribution is -2.40. The van der Waals surface area contributed by atoms with E-state index in [9.17, 15) is 0 Å². The molecule has 0 radical (unpaired) electrons. The minimum absolute atomic E-state index is 0. The Hall–Kier alpha value is -0.260. The molecule has 2 unspecified atom stereocenters. The first-order valence-corrected chi connectivity index (χ1v) is 5.74. The van der Waals surface area contributed by atoms with Crippen molar-refractivity contribution in [1.29, 1.82) is 0 Å². The van der Waals surface area contributed by atoms with Gasteiger partial charge in [-0.3, -0.25) is 4.99 Å². The van der Waals surface area contributed by atoms with E-state index in [1.165, 1.54) is 6.42 Å². The zero-order valence-corrected chi connectivity index (χ0v) is 12.9. The number of hydrogen-bond donors (Lipinski definition) is 1. The number of nitrogens with zero attached hydrogens (tertiary/aromatic N) is 2. The van der Waals surface area contributed by atoms with Crippen LogP contribution in [-0.4, -0.2) is 37.5 Å². The average molecular weight is 337 g/mol. The molecule has 2 atom stereocenters. The third-order valence-electron chi connectivity index (χ3n) is 2.90. The molecule has 0 heterocycles. The highest BCUT2D eigenvalue weighted by Gasteiger charge is 2.33. The molecule has 1 aliphatic carbocycles. The van der Waals surface area contributed by atoms with Gasteiger partial charge in [0.2, 0.25) is 0 Å². The van der Waals surface area contributed by atoms with Crippen molar-refractivity contribution in [2.45, 2.75) is 32.2 Å². The normalized spacial score (nSPS) is 23.3. The van der Waals surface area contributed by atoms with Crippen LogP contribution >= 0.6 is 24.0 Å². The molecule has 0 aromatic heterocycles. The number of nitrogens with one attached hydrogen (secondary N) is 1. The molecule has 1 saturated carbocycles. The fraction of sp³-hybridized carbons (Fsp3) is 0.750. The van der Waals surface area contributed by atoms with Crippen molar-refractivity contribution in [3.05, 3.63) is 12.7 Å². The molecule has 0 spiro atoms. The Bertz CT molecular complexity index is 240. The lowest BCUT2D eigenvalue weighted by Gasteiger charge is -2.21. The van der Waals surface area contributed by atoms with Crippen LogP contribution in [-0.2, 0) is 0 Å². The number of allylic oxidation sites excluding steroid dienone is 1. The van der Waals surface area contributed by atoms with E-state index in [1.807, 2.05) is 13.1 Å². The standard InChI is InChI=1S/C12H23N3.HI/c1-5-6-7-8-15(4)12(13-3)14-11-9-10(11)2;/h5,10-11H,1,6-9H2,2-4H3,(H,13,14);1H. The highest BCUT2D eigenvalue weighted by Crippen LogP contribution is 2.28. The summed E-state index contributed by atoms with van der Waals surface area (Å²) < 4.78 is 0. The lowest BCUT2D eigenvalue weighted by atomic mass is 10.3. The maximum atomic E-state index is 4.29. The van der Waals surface area contributed by atoms with Crippen molar-refractivity contribution in [2.75, 3.05) is 20.6 Å². The maximum Gasteiger partial charge on any atom is 0.193 e. The molecule has 0 aromatic rings. The van der Waals surface area contributed by atoms with Gasteiger partial charge in [-0.1, -0.05) is 13.0 Å². The van der Waals surface area contributed by atoms with E-state index in [0.717, 1.165) is 31.3 Å². The molecule has 0 aliphatic heterocycles. The van der Waals surface area contributed by atoms with Gasteiger partial charge in [0.1, 0.15) is 0 Å². The van der Waals surface area contributed by atoms with Crippen molar-refractivity contribution >= 4 is 29.9 Å². The minimum Gasteiger partial charge on any atom is -0.353 e. The van der Waals surface area contributed by atoms with Gasteiger partial charge in [0, 0.05) is 26.7 Å². The lowest BCUT2D eigenvalue weighted by molar-refractivity contribution is 0.468. The molecule has 0 bridgehead atoms. The molecule has 1 aliphatic rings. The summed E-state index contributed by atoms with van der Waals surface area (Å²) in [5, 5.41) is 3.47. The van der Waals surface area contributed by atoms with Crippen LogP contribution in [0, 0.1) is 5.92 Å². The van der Waals surface area contributed by atoms with Gasteiger partial charge in [-0.2, -0.15) is 0 Å². The Kier molecular flexibility index (Phi) is 7.80. The molecule has 1 rings (SSSR count). The van der Waals surface area contributed by atoms with Gasteiger partial charge in [0.05, 0.1) is 0 Å². The fourth-order valence-corrected chi connectivity index (χ4v) is 1.61. The molecule has 1 fully saturated rings. The van der Waals surface area contributed by atoms with Gasteiger partial charge < -0.3 is 10.2 Å². The molecule has 16 heavy (non-hydrogen) atoms. The van der Waals surface area contributed by atoms with Crippen LogP contribution in [0.25, 0.3) is 0 Å². The number of unbranched alkanes of at least 4 members (excludes halogenated alkanes) is 1. The Morgan fingerprint density at radius 1 is 1.62 bits per heavy atom. The van der Waals surface area contributed by atoms with E-state index >= 15 is 0 Å². The first-order valence-electron chi connectivity index (χ1n) is 5.74. The van der Waals surface area contributed by atoms with E-state index < -0.39 is 0 Å². The molecule has 0 aromatic carbocycles. The van der Waals surface area contributed by atoms with Gasteiger partial charge in [-0.15, -0.1) is 30.6 Å². The predicted octanol–water partition coefficient (Wildman–Crippen LogP) is 2.49. The molecular weight excluding hydrogens is 313 g/mol. The summed E-state index contributed by atoms with van der Waals surface area (Å²) in [7, 11) is 3.94. The molecule has 0 amide bonds. The second-order valence-electron chi connectivity index (χ2n) is 4.36. The Labute approximate surface area is 116 Å². The van der Waals surface area contributed by atoms with Gasteiger partial charge in [0.15, 0.2) is 5.96 Å². The SMILES string of the molecule is C=CCCCN(C)C(=NC)NC1CC1C.I. The zero-order valence-electron chi connectivity index (χ0n) is 10.6. The van der Waals surface area contributed by atoms with Crippen molar-refractivity contribution < 1.29 is 0 Å². The third kappa shape index (κ3) is 5.18. The van der Waals surface area contributed by atoms with Crippen LogP contribution in [0.4, 0.5) is 0 Å². The van der Waals surface area contributed by atoms with E-state index in [0.29, 0.717) is 6.04 Å². The van der Waals surface area contributed by atoms with Crippen LogP contribution in [0.2, 0.25) is 0 Å². The number of hydrogen-bond acceptors (Lipinski definition) is 1.